The zero-order chi connectivity index (χ0) is 22.1. The highest BCUT2D eigenvalue weighted by Crippen LogP contribution is 2.18. The molecule has 31 heavy (non-hydrogen) atoms. The summed E-state index contributed by atoms with van der Waals surface area (Å²) in [5, 5.41) is 3.33. The predicted molar refractivity (Wildman–Crippen MR) is 125 cm³/mol. The van der Waals surface area contributed by atoms with Gasteiger partial charge in [-0.2, -0.15) is 0 Å². The molecule has 1 aromatic heterocycles. The normalized spacial score (nSPS) is 10.8. The van der Waals surface area contributed by atoms with Crippen molar-refractivity contribution in [3.8, 4) is 11.4 Å². The monoisotopic (exact) mass is 431 g/mol. The molecule has 0 fully saturated rings. The Labute approximate surface area is 184 Å². The fraction of sp³-hybridized carbons (Fsp3) is 0.125. The second-order valence-corrected chi connectivity index (χ2v) is 7.67. The molecule has 0 aliphatic carbocycles. The Balaban J connectivity index is 1.71. The lowest BCUT2D eigenvalue weighted by Crippen LogP contribution is -2.21. The summed E-state index contributed by atoms with van der Waals surface area (Å²) >= 11 is 5.43. The zero-order valence-electron chi connectivity index (χ0n) is 17.4. The summed E-state index contributed by atoms with van der Waals surface area (Å²) in [6.07, 6.45) is 0. The van der Waals surface area contributed by atoms with Gasteiger partial charge < -0.3 is 15.0 Å². The fourth-order valence-corrected chi connectivity index (χ4v) is 3.65. The molecule has 0 saturated carbocycles. The first-order chi connectivity index (χ1) is 14.9. The van der Waals surface area contributed by atoms with Gasteiger partial charge in [-0.3, -0.25) is 14.2 Å². The molecule has 1 amide bonds. The zero-order valence-corrected chi connectivity index (χ0v) is 18.2. The van der Waals surface area contributed by atoms with Crippen molar-refractivity contribution < 1.29 is 9.53 Å². The minimum atomic E-state index is -0.260. The van der Waals surface area contributed by atoms with Crippen molar-refractivity contribution in [3.05, 3.63) is 92.5 Å². The molecule has 0 radical (unpaired) electrons. The van der Waals surface area contributed by atoms with Gasteiger partial charge in [-0.1, -0.05) is 6.07 Å². The van der Waals surface area contributed by atoms with Crippen LogP contribution in [0.2, 0.25) is 0 Å². The van der Waals surface area contributed by atoms with E-state index in [1.54, 1.807) is 49.6 Å². The summed E-state index contributed by atoms with van der Waals surface area (Å²) in [6, 6.07) is 17.7. The number of aryl methyl sites for hydroxylation is 2. The van der Waals surface area contributed by atoms with Crippen molar-refractivity contribution in [2.24, 2.45) is 0 Å². The van der Waals surface area contributed by atoms with Gasteiger partial charge in [0.05, 0.1) is 23.7 Å². The van der Waals surface area contributed by atoms with E-state index in [0.29, 0.717) is 27.9 Å². The minimum absolute atomic E-state index is 0.245. The first-order valence-electron chi connectivity index (χ1n) is 9.69. The van der Waals surface area contributed by atoms with Crippen LogP contribution in [0.5, 0.6) is 5.75 Å². The number of H-pyrrole nitrogens is 1. The lowest BCUT2D eigenvalue weighted by Gasteiger charge is -2.11. The van der Waals surface area contributed by atoms with Crippen LogP contribution in [0.1, 0.15) is 21.5 Å². The average Bonchev–Trinajstić information content (AvgIpc) is 2.76. The number of hydrogen-bond acceptors (Lipinski definition) is 4. The Bertz CT molecular complexity index is 1420. The third kappa shape index (κ3) is 4.00. The van der Waals surface area contributed by atoms with Crippen LogP contribution in [0.25, 0.3) is 16.6 Å². The summed E-state index contributed by atoms with van der Waals surface area (Å²) in [7, 11) is 1.58. The number of aromatic amines is 1. The molecular weight excluding hydrogens is 410 g/mol. The van der Waals surface area contributed by atoms with Gasteiger partial charge in [-0.15, -0.1) is 0 Å². The van der Waals surface area contributed by atoms with Crippen molar-refractivity contribution in [2.45, 2.75) is 13.8 Å². The van der Waals surface area contributed by atoms with Crippen LogP contribution in [0, 0.1) is 18.6 Å². The molecule has 0 saturated heterocycles. The highest BCUT2D eigenvalue weighted by molar-refractivity contribution is 7.71. The third-order valence-electron chi connectivity index (χ3n) is 5.26. The molecule has 0 aliphatic rings. The number of anilines is 1. The largest absolute Gasteiger partial charge is 0.497 e. The number of aromatic nitrogens is 2. The topological polar surface area (TPSA) is 76.1 Å². The number of carbonyl (C=O) groups excluding carboxylic acids is 1. The van der Waals surface area contributed by atoms with E-state index in [1.165, 1.54) is 4.57 Å². The molecule has 4 aromatic rings. The lowest BCUT2D eigenvalue weighted by molar-refractivity contribution is 0.102. The number of ether oxygens (including phenoxy) is 1. The number of amides is 1. The summed E-state index contributed by atoms with van der Waals surface area (Å²) in [4.78, 5) is 28.9. The fourth-order valence-electron chi connectivity index (χ4n) is 3.35. The van der Waals surface area contributed by atoms with Crippen LogP contribution in [0.3, 0.4) is 0 Å². The van der Waals surface area contributed by atoms with Gasteiger partial charge in [0, 0.05) is 11.3 Å². The Kier molecular flexibility index (Phi) is 5.44. The number of carbonyl (C=O) groups is 1. The van der Waals surface area contributed by atoms with E-state index in [4.69, 9.17) is 17.0 Å². The van der Waals surface area contributed by atoms with Gasteiger partial charge in [-0.05, 0) is 91.8 Å². The smallest absolute Gasteiger partial charge is 0.266 e. The Morgan fingerprint density at radius 1 is 1.00 bits per heavy atom. The van der Waals surface area contributed by atoms with Crippen molar-refractivity contribution >= 4 is 34.7 Å². The van der Waals surface area contributed by atoms with E-state index in [-0.39, 0.29) is 16.2 Å². The summed E-state index contributed by atoms with van der Waals surface area (Å²) in [5.41, 5.74) is 4.28. The Hall–Kier alpha value is -3.71. The first-order valence-corrected chi connectivity index (χ1v) is 10.1. The van der Waals surface area contributed by atoms with Crippen LogP contribution in [-0.2, 0) is 0 Å². The molecule has 7 heteroatoms. The molecule has 0 atom stereocenters. The maximum Gasteiger partial charge on any atom is 0.266 e. The highest BCUT2D eigenvalue weighted by atomic mass is 32.1. The molecule has 0 bridgehead atoms. The number of hydrogen-bond donors (Lipinski definition) is 2. The predicted octanol–water partition coefficient (Wildman–Crippen LogP) is 4.93. The number of nitrogens with zero attached hydrogens (tertiary/aromatic N) is 1. The van der Waals surface area contributed by atoms with Crippen molar-refractivity contribution in [1.29, 1.82) is 0 Å². The first kappa shape index (κ1) is 20.6. The van der Waals surface area contributed by atoms with E-state index in [2.05, 4.69) is 10.3 Å². The molecular formula is C24H21N3O3S. The van der Waals surface area contributed by atoms with E-state index in [1.807, 2.05) is 32.0 Å². The molecule has 0 unspecified atom stereocenters. The van der Waals surface area contributed by atoms with Gasteiger partial charge in [0.2, 0.25) is 0 Å². The van der Waals surface area contributed by atoms with E-state index >= 15 is 0 Å². The van der Waals surface area contributed by atoms with Crippen molar-refractivity contribution in [3.63, 3.8) is 0 Å². The molecule has 6 nitrogen and oxygen atoms in total. The van der Waals surface area contributed by atoms with Crippen LogP contribution < -0.4 is 15.6 Å². The van der Waals surface area contributed by atoms with E-state index in [9.17, 15) is 9.59 Å². The maximum atomic E-state index is 13.1. The van der Waals surface area contributed by atoms with Gasteiger partial charge in [0.15, 0.2) is 4.77 Å². The lowest BCUT2D eigenvalue weighted by atomic mass is 10.1. The van der Waals surface area contributed by atoms with Crippen LogP contribution in [-0.4, -0.2) is 22.6 Å². The third-order valence-corrected chi connectivity index (χ3v) is 5.54. The second kappa shape index (κ2) is 8.20. The molecule has 3 aromatic carbocycles. The van der Waals surface area contributed by atoms with Gasteiger partial charge in [0.1, 0.15) is 5.75 Å². The summed E-state index contributed by atoms with van der Waals surface area (Å²) in [5.74, 6) is 0.427. The number of benzene rings is 3. The molecule has 0 spiro atoms. The molecule has 0 aliphatic heterocycles. The molecule has 1 heterocycles. The number of methoxy groups -OCH3 is 1. The van der Waals surface area contributed by atoms with E-state index < -0.39 is 0 Å². The highest BCUT2D eigenvalue weighted by Gasteiger charge is 2.12. The van der Waals surface area contributed by atoms with E-state index in [0.717, 1.165) is 16.8 Å². The number of nitrogens with one attached hydrogen (secondary N) is 2. The molecule has 4 rings (SSSR count). The number of fused-ring (bicyclic) bond motifs is 1. The van der Waals surface area contributed by atoms with Crippen LogP contribution in [0.15, 0.2) is 65.5 Å². The second-order valence-electron chi connectivity index (χ2n) is 7.28. The Morgan fingerprint density at radius 3 is 2.42 bits per heavy atom. The Morgan fingerprint density at radius 2 is 1.74 bits per heavy atom. The average molecular weight is 432 g/mol. The summed E-state index contributed by atoms with van der Waals surface area (Å²) in [6.45, 7) is 4.01. The van der Waals surface area contributed by atoms with Crippen LogP contribution in [0.4, 0.5) is 5.69 Å². The van der Waals surface area contributed by atoms with Crippen LogP contribution >= 0.6 is 12.2 Å². The van der Waals surface area contributed by atoms with Crippen molar-refractivity contribution in [2.75, 3.05) is 12.4 Å². The van der Waals surface area contributed by atoms with Gasteiger partial charge >= 0.3 is 0 Å². The minimum Gasteiger partial charge on any atom is -0.497 e. The summed E-state index contributed by atoms with van der Waals surface area (Å²) < 4.78 is 6.83. The quantitative estimate of drug-likeness (QED) is 0.450. The maximum absolute atomic E-state index is 13.1. The van der Waals surface area contributed by atoms with Crippen molar-refractivity contribution in [1.82, 2.24) is 9.55 Å². The van der Waals surface area contributed by atoms with Gasteiger partial charge in [0.25, 0.3) is 11.5 Å². The number of rotatable bonds is 4. The van der Waals surface area contributed by atoms with Gasteiger partial charge in [-0.25, -0.2) is 0 Å². The molecule has 156 valence electrons. The SMILES string of the molecule is COc1ccc(-n2c(=S)[nH]c3cc(C(=O)Nc4ccc(C)c(C)c4)ccc3c2=O)cc1. The standard InChI is InChI=1S/C24H21N3O3S/c1-14-4-6-17(12-15(14)2)25-22(28)16-5-11-20-21(13-16)26-24(31)27(23(20)29)18-7-9-19(30-3)10-8-18/h4-13H,1-3H3,(H,25,28)(H,26,31). The molecule has 2 N–H and O–H groups in total.